The van der Waals surface area contributed by atoms with Crippen LogP contribution in [0, 0.1) is 6.92 Å². The standard InChI is InChI=1S/C13H11ClN2O3/c1-7-2-3-11(9(14)4-7)19-12-5-8(13(17)18)10(15)6-16-12/h2-6H,15H2,1H3,(H,17,18). The third-order valence-electron chi connectivity index (χ3n) is 2.44. The number of ether oxygens (including phenoxy) is 1. The van der Waals surface area contributed by atoms with Gasteiger partial charge < -0.3 is 15.6 Å². The zero-order valence-electron chi connectivity index (χ0n) is 10.1. The maximum absolute atomic E-state index is 10.9. The summed E-state index contributed by atoms with van der Waals surface area (Å²) in [6.45, 7) is 1.90. The van der Waals surface area contributed by atoms with Crippen molar-refractivity contribution in [2.45, 2.75) is 6.92 Å². The zero-order chi connectivity index (χ0) is 14.0. The van der Waals surface area contributed by atoms with E-state index in [4.69, 9.17) is 27.2 Å². The lowest BCUT2D eigenvalue weighted by Crippen LogP contribution is -2.03. The molecule has 0 aliphatic rings. The van der Waals surface area contributed by atoms with Crippen molar-refractivity contribution in [3.05, 3.63) is 46.6 Å². The van der Waals surface area contributed by atoms with Gasteiger partial charge >= 0.3 is 5.97 Å². The topological polar surface area (TPSA) is 85.4 Å². The van der Waals surface area contributed by atoms with E-state index in [2.05, 4.69) is 4.98 Å². The minimum atomic E-state index is -1.14. The molecular formula is C13H11ClN2O3. The molecule has 0 aliphatic heterocycles. The molecule has 0 saturated carbocycles. The van der Waals surface area contributed by atoms with Crippen LogP contribution in [0.5, 0.6) is 11.6 Å². The Morgan fingerprint density at radius 3 is 2.79 bits per heavy atom. The summed E-state index contributed by atoms with van der Waals surface area (Å²) < 4.78 is 5.45. The molecule has 3 N–H and O–H groups in total. The molecular weight excluding hydrogens is 268 g/mol. The van der Waals surface area contributed by atoms with Crippen molar-refractivity contribution in [3.63, 3.8) is 0 Å². The van der Waals surface area contributed by atoms with Crippen LogP contribution in [-0.4, -0.2) is 16.1 Å². The molecule has 0 aliphatic carbocycles. The van der Waals surface area contributed by atoms with E-state index in [1.807, 2.05) is 13.0 Å². The maximum Gasteiger partial charge on any atom is 0.338 e. The number of hydrogen-bond donors (Lipinski definition) is 2. The van der Waals surface area contributed by atoms with Gasteiger partial charge in [0.05, 0.1) is 22.5 Å². The maximum atomic E-state index is 10.9. The molecule has 0 atom stereocenters. The van der Waals surface area contributed by atoms with Crippen molar-refractivity contribution in [1.29, 1.82) is 0 Å². The highest BCUT2D eigenvalue weighted by Gasteiger charge is 2.11. The number of aromatic nitrogens is 1. The second-order valence-corrected chi connectivity index (χ2v) is 4.36. The number of benzene rings is 1. The van der Waals surface area contributed by atoms with Crippen LogP contribution in [0.1, 0.15) is 15.9 Å². The van der Waals surface area contributed by atoms with Crippen LogP contribution in [0.2, 0.25) is 5.02 Å². The third-order valence-corrected chi connectivity index (χ3v) is 2.74. The highest BCUT2D eigenvalue weighted by Crippen LogP contribution is 2.30. The van der Waals surface area contributed by atoms with Gasteiger partial charge in [-0.3, -0.25) is 0 Å². The zero-order valence-corrected chi connectivity index (χ0v) is 10.8. The monoisotopic (exact) mass is 278 g/mol. The van der Waals surface area contributed by atoms with Crippen molar-refractivity contribution < 1.29 is 14.6 Å². The SMILES string of the molecule is Cc1ccc(Oc2cc(C(=O)O)c(N)cn2)c(Cl)c1. The number of hydrogen-bond acceptors (Lipinski definition) is 4. The van der Waals surface area contributed by atoms with Crippen LogP contribution in [0.3, 0.4) is 0 Å². The van der Waals surface area contributed by atoms with E-state index in [0.717, 1.165) is 5.56 Å². The minimum Gasteiger partial charge on any atom is -0.478 e. The Morgan fingerprint density at radius 2 is 2.16 bits per heavy atom. The first-order valence-electron chi connectivity index (χ1n) is 5.40. The molecule has 0 bridgehead atoms. The molecule has 0 unspecified atom stereocenters. The summed E-state index contributed by atoms with van der Waals surface area (Å²) in [4.78, 5) is 14.9. The number of aromatic carboxylic acids is 1. The molecule has 6 heteroatoms. The number of carboxylic acid groups (broad SMARTS) is 1. The number of nitrogens with zero attached hydrogens (tertiary/aromatic N) is 1. The Balaban J connectivity index is 2.33. The first-order chi connectivity index (χ1) is 8.97. The average Bonchev–Trinajstić information content (AvgIpc) is 2.34. The van der Waals surface area contributed by atoms with E-state index in [-0.39, 0.29) is 17.1 Å². The quantitative estimate of drug-likeness (QED) is 0.901. The molecule has 0 fully saturated rings. The Hall–Kier alpha value is -2.27. The number of carbonyl (C=O) groups is 1. The van der Waals surface area contributed by atoms with Crippen molar-refractivity contribution in [3.8, 4) is 11.6 Å². The predicted octanol–water partition coefficient (Wildman–Crippen LogP) is 3.12. The second kappa shape index (κ2) is 5.16. The third kappa shape index (κ3) is 2.95. The molecule has 1 aromatic carbocycles. The first-order valence-corrected chi connectivity index (χ1v) is 5.78. The van der Waals surface area contributed by atoms with Crippen LogP contribution in [0.15, 0.2) is 30.5 Å². The van der Waals surface area contributed by atoms with Gasteiger partial charge in [-0.1, -0.05) is 17.7 Å². The van der Waals surface area contributed by atoms with Crippen molar-refractivity contribution >= 4 is 23.3 Å². The van der Waals surface area contributed by atoms with E-state index in [0.29, 0.717) is 10.8 Å². The van der Waals surface area contributed by atoms with Gasteiger partial charge in [-0.2, -0.15) is 0 Å². The number of nitrogens with two attached hydrogens (primary N) is 1. The number of halogens is 1. The molecule has 0 saturated heterocycles. The van der Waals surface area contributed by atoms with Gasteiger partial charge in [0.2, 0.25) is 5.88 Å². The molecule has 2 rings (SSSR count). The summed E-state index contributed by atoms with van der Waals surface area (Å²) in [5.41, 5.74) is 6.52. The number of rotatable bonds is 3. The molecule has 1 aromatic heterocycles. The van der Waals surface area contributed by atoms with Crippen molar-refractivity contribution in [1.82, 2.24) is 4.98 Å². The van der Waals surface area contributed by atoms with Crippen molar-refractivity contribution in [2.24, 2.45) is 0 Å². The highest BCUT2D eigenvalue weighted by molar-refractivity contribution is 6.32. The fourth-order valence-corrected chi connectivity index (χ4v) is 1.76. The number of nitrogen functional groups attached to an aromatic ring is 1. The Bertz CT molecular complexity index is 644. The molecule has 2 aromatic rings. The number of anilines is 1. The first kappa shape index (κ1) is 13.2. The van der Waals surface area contributed by atoms with E-state index < -0.39 is 5.97 Å². The minimum absolute atomic E-state index is 0.0618. The molecule has 0 amide bonds. The van der Waals surface area contributed by atoms with E-state index in [9.17, 15) is 4.79 Å². The summed E-state index contributed by atoms with van der Waals surface area (Å²) in [6.07, 6.45) is 1.24. The van der Waals surface area contributed by atoms with Gasteiger partial charge in [-0.15, -0.1) is 0 Å². The van der Waals surface area contributed by atoms with E-state index in [1.54, 1.807) is 12.1 Å². The smallest absolute Gasteiger partial charge is 0.338 e. The highest BCUT2D eigenvalue weighted by atomic mass is 35.5. The Kier molecular flexibility index (Phi) is 3.57. The lowest BCUT2D eigenvalue weighted by Gasteiger charge is -2.08. The van der Waals surface area contributed by atoms with Gasteiger partial charge in [0.15, 0.2) is 0 Å². The average molecular weight is 279 g/mol. The summed E-state index contributed by atoms with van der Waals surface area (Å²) in [6, 6.07) is 6.52. The molecule has 0 radical (unpaired) electrons. The van der Waals surface area contributed by atoms with Gasteiger partial charge in [-0.05, 0) is 24.6 Å². The summed E-state index contributed by atoms with van der Waals surface area (Å²) >= 11 is 6.02. The van der Waals surface area contributed by atoms with Crippen LogP contribution in [-0.2, 0) is 0 Å². The molecule has 5 nitrogen and oxygen atoms in total. The number of carboxylic acids is 1. The van der Waals surface area contributed by atoms with Crippen LogP contribution >= 0.6 is 11.6 Å². The van der Waals surface area contributed by atoms with E-state index >= 15 is 0 Å². The summed E-state index contributed by atoms with van der Waals surface area (Å²) in [7, 11) is 0. The van der Waals surface area contributed by atoms with Gasteiger partial charge in [0.1, 0.15) is 5.75 Å². The fourth-order valence-electron chi connectivity index (χ4n) is 1.49. The van der Waals surface area contributed by atoms with Crippen molar-refractivity contribution in [2.75, 3.05) is 5.73 Å². The summed E-state index contributed by atoms with van der Waals surface area (Å²) in [5.74, 6) is -0.613. The largest absolute Gasteiger partial charge is 0.478 e. The van der Waals surface area contributed by atoms with Crippen LogP contribution in [0.25, 0.3) is 0 Å². The van der Waals surface area contributed by atoms with Gasteiger partial charge in [-0.25, -0.2) is 9.78 Å². The van der Waals surface area contributed by atoms with Crippen LogP contribution in [0.4, 0.5) is 5.69 Å². The second-order valence-electron chi connectivity index (χ2n) is 3.95. The lowest BCUT2D eigenvalue weighted by molar-refractivity contribution is 0.0697. The lowest BCUT2D eigenvalue weighted by atomic mass is 10.2. The molecule has 19 heavy (non-hydrogen) atoms. The molecule has 98 valence electrons. The van der Waals surface area contributed by atoms with Gasteiger partial charge in [0, 0.05) is 6.07 Å². The Labute approximate surface area is 114 Å². The number of aryl methyl sites for hydroxylation is 1. The fraction of sp³-hybridized carbons (Fsp3) is 0.0769. The molecule has 0 spiro atoms. The van der Waals surface area contributed by atoms with Gasteiger partial charge in [0.25, 0.3) is 0 Å². The Morgan fingerprint density at radius 1 is 1.42 bits per heavy atom. The van der Waals surface area contributed by atoms with E-state index in [1.165, 1.54) is 12.3 Å². The predicted molar refractivity (Wildman–Crippen MR) is 71.9 cm³/mol. The van der Waals surface area contributed by atoms with Crippen LogP contribution < -0.4 is 10.5 Å². The summed E-state index contributed by atoms with van der Waals surface area (Å²) in [5, 5.41) is 9.38. The molecule has 1 heterocycles. The number of pyridine rings is 1. The normalized spacial score (nSPS) is 10.2.